The van der Waals surface area contributed by atoms with Gasteiger partial charge in [-0.25, -0.2) is 14.4 Å². The molecule has 154 valence electrons. The van der Waals surface area contributed by atoms with Gasteiger partial charge in [-0.2, -0.15) is 5.10 Å². The number of halogens is 1. The predicted octanol–water partition coefficient (Wildman–Crippen LogP) is 3.89. The van der Waals surface area contributed by atoms with Crippen molar-refractivity contribution < 1.29 is 4.39 Å². The van der Waals surface area contributed by atoms with E-state index < -0.39 is 0 Å². The maximum atomic E-state index is 14.4. The lowest BCUT2D eigenvalue weighted by Gasteiger charge is -2.23. The number of benzene rings is 1. The molecule has 1 aromatic carbocycles. The molecular weight excluding hydrogens is 381 g/mol. The van der Waals surface area contributed by atoms with Crippen LogP contribution in [0.2, 0.25) is 0 Å². The Morgan fingerprint density at radius 1 is 1.20 bits per heavy atom. The van der Waals surface area contributed by atoms with Crippen molar-refractivity contribution >= 4 is 28.4 Å². The van der Waals surface area contributed by atoms with Crippen molar-refractivity contribution in [3.8, 4) is 0 Å². The Labute approximate surface area is 173 Å². The fraction of sp³-hybridized carbons (Fsp3) is 0.318. The average molecular weight is 405 g/mol. The summed E-state index contributed by atoms with van der Waals surface area (Å²) in [5.74, 6) is 1.79. The summed E-state index contributed by atoms with van der Waals surface area (Å²) in [6.45, 7) is 4.65. The molecule has 0 saturated carbocycles. The quantitative estimate of drug-likeness (QED) is 0.468. The van der Waals surface area contributed by atoms with Gasteiger partial charge in [0.05, 0.1) is 5.52 Å². The number of aryl methyl sites for hydroxylation is 3. The first-order valence-electron chi connectivity index (χ1n) is 10.2. The highest BCUT2D eigenvalue weighted by Crippen LogP contribution is 2.34. The Bertz CT molecular complexity index is 1240. The van der Waals surface area contributed by atoms with E-state index in [0.29, 0.717) is 30.1 Å². The van der Waals surface area contributed by atoms with Gasteiger partial charge in [0.15, 0.2) is 5.82 Å². The van der Waals surface area contributed by atoms with Crippen LogP contribution in [0.1, 0.15) is 34.5 Å². The van der Waals surface area contributed by atoms with E-state index in [0.717, 1.165) is 47.3 Å². The number of rotatable bonds is 5. The molecule has 0 fully saturated rings. The van der Waals surface area contributed by atoms with Crippen LogP contribution in [0.4, 0.5) is 21.8 Å². The van der Waals surface area contributed by atoms with Crippen LogP contribution in [-0.4, -0.2) is 31.7 Å². The molecule has 3 aromatic heterocycles. The zero-order valence-electron chi connectivity index (χ0n) is 17.1. The number of nitrogens with zero attached hydrogens (tertiary/aromatic N) is 4. The van der Waals surface area contributed by atoms with Crippen molar-refractivity contribution in [1.29, 1.82) is 0 Å². The zero-order chi connectivity index (χ0) is 20.8. The van der Waals surface area contributed by atoms with Crippen LogP contribution in [0.15, 0.2) is 24.5 Å². The lowest BCUT2D eigenvalue weighted by molar-refractivity contribution is 0.637. The summed E-state index contributed by atoms with van der Waals surface area (Å²) in [5.41, 5.74) is 12.1. The molecule has 7 nitrogen and oxygen atoms in total. The van der Waals surface area contributed by atoms with Gasteiger partial charge in [-0.1, -0.05) is 6.07 Å². The highest BCUT2D eigenvalue weighted by Gasteiger charge is 2.25. The Balaban J connectivity index is 1.55. The number of hydrogen-bond acceptors (Lipinski definition) is 5. The largest absolute Gasteiger partial charge is 0.384 e. The van der Waals surface area contributed by atoms with Crippen LogP contribution in [0.3, 0.4) is 0 Å². The molecule has 1 aliphatic rings. The van der Waals surface area contributed by atoms with Gasteiger partial charge in [-0.15, -0.1) is 0 Å². The Morgan fingerprint density at radius 2 is 2.07 bits per heavy atom. The van der Waals surface area contributed by atoms with Crippen LogP contribution in [-0.2, 0) is 19.3 Å². The molecule has 1 aliphatic carbocycles. The summed E-state index contributed by atoms with van der Waals surface area (Å²) >= 11 is 0. The van der Waals surface area contributed by atoms with Gasteiger partial charge in [0.25, 0.3) is 0 Å². The van der Waals surface area contributed by atoms with Gasteiger partial charge in [-0.3, -0.25) is 5.10 Å². The molecule has 4 aromatic rings. The maximum Gasteiger partial charge on any atom is 0.159 e. The van der Waals surface area contributed by atoms with E-state index in [1.165, 1.54) is 23.7 Å². The third-order valence-corrected chi connectivity index (χ3v) is 6.01. The van der Waals surface area contributed by atoms with Crippen LogP contribution in [0.5, 0.6) is 0 Å². The average Bonchev–Trinajstić information content (AvgIpc) is 3.41. The second kappa shape index (κ2) is 7.12. The first-order chi connectivity index (χ1) is 14.5. The molecule has 0 bridgehead atoms. The number of hydrogen-bond donors (Lipinski definition) is 3. The molecule has 0 aliphatic heterocycles. The van der Waals surface area contributed by atoms with E-state index in [1.54, 1.807) is 6.07 Å². The Hall–Kier alpha value is -3.42. The van der Waals surface area contributed by atoms with Gasteiger partial charge in [0, 0.05) is 34.9 Å². The van der Waals surface area contributed by atoms with Gasteiger partial charge < -0.3 is 15.6 Å². The van der Waals surface area contributed by atoms with Gasteiger partial charge in [-0.05, 0) is 56.7 Å². The maximum absolute atomic E-state index is 14.4. The third kappa shape index (κ3) is 2.99. The smallest absolute Gasteiger partial charge is 0.159 e. The topological polar surface area (TPSA) is 99.5 Å². The normalized spacial score (nSPS) is 13.2. The fourth-order valence-corrected chi connectivity index (χ4v) is 4.54. The second-order valence-electron chi connectivity index (χ2n) is 7.90. The van der Waals surface area contributed by atoms with Crippen molar-refractivity contribution in [1.82, 2.24) is 25.1 Å². The fourth-order valence-electron chi connectivity index (χ4n) is 4.54. The minimum atomic E-state index is -0.226. The van der Waals surface area contributed by atoms with Crippen molar-refractivity contribution in [3.63, 3.8) is 0 Å². The monoisotopic (exact) mass is 405 g/mol. The van der Waals surface area contributed by atoms with E-state index in [4.69, 9.17) is 5.73 Å². The predicted molar refractivity (Wildman–Crippen MR) is 115 cm³/mol. The summed E-state index contributed by atoms with van der Waals surface area (Å²) in [6, 6.07) is 5.11. The van der Waals surface area contributed by atoms with Gasteiger partial charge >= 0.3 is 0 Å². The minimum Gasteiger partial charge on any atom is -0.384 e. The molecule has 0 atom stereocenters. The van der Waals surface area contributed by atoms with E-state index in [-0.39, 0.29) is 5.82 Å². The summed E-state index contributed by atoms with van der Waals surface area (Å²) in [4.78, 5) is 13.8. The number of fused-ring (bicyclic) bond motifs is 2. The molecule has 0 amide bonds. The van der Waals surface area contributed by atoms with E-state index in [2.05, 4.69) is 30.0 Å². The summed E-state index contributed by atoms with van der Waals surface area (Å²) in [5, 5.41) is 8.73. The molecule has 0 radical (unpaired) electrons. The molecule has 30 heavy (non-hydrogen) atoms. The highest BCUT2D eigenvalue weighted by atomic mass is 19.1. The van der Waals surface area contributed by atoms with Crippen LogP contribution in [0.25, 0.3) is 10.9 Å². The summed E-state index contributed by atoms with van der Waals surface area (Å²) in [7, 11) is 0. The van der Waals surface area contributed by atoms with Crippen LogP contribution >= 0.6 is 0 Å². The molecular formula is C22H24FN7. The third-order valence-electron chi connectivity index (χ3n) is 6.01. The Kier molecular flexibility index (Phi) is 4.42. The lowest BCUT2D eigenvalue weighted by atomic mass is 10.0. The standard InChI is InChI=1S/C22H24FN7/c1-12-6-7-16(23)21-20(12)14(13(2)27-21)8-9-30(19-10-18(24)25-11-26-19)22-15-4-3-5-17(15)28-29-22/h6-7,10-11,27H,3-5,8-9H2,1-2H3,(H,28,29)(H2,24,25,26). The van der Waals surface area contributed by atoms with Crippen molar-refractivity contribution in [3.05, 3.63) is 58.4 Å². The van der Waals surface area contributed by atoms with Crippen LogP contribution < -0.4 is 10.6 Å². The molecule has 8 heteroatoms. The van der Waals surface area contributed by atoms with Crippen molar-refractivity contribution in [2.45, 2.75) is 39.5 Å². The van der Waals surface area contributed by atoms with Gasteiger partial charge in [0.2, 0.25) is 0 Å². The molecule has 3 heterocycles. The lowest BCUT2D eigenvalue weighted by Crippen LogP contribution is -2.23. The van der Waals surface area contributed by atoms with Crippen molar-refractivity contribution in [2.75, 3.05) is 17.2 Å². The zero-order valence-corrected chi connectivity index (χ0v) is 17.1. The van der Waals surface area contributed by atoms with E-state index in [1.807, 2.05) is 19.9 Å². The SMILES string of the molecule is Cc1[nH]c2c(F)ccc(C)c2c1CCN(c1cc(N)ncn1)c1n[nH]c2c1CCC2. The summed E-state index contributed by atoms with van der Waals surface area (Å²) < 4.78 is 14.4. The van der Waals surface area contributed by atoms with Gasteiger partial charge in [0.1, 0.15) is 23.8 Å². The van der Waals surface area contributed by atoms with Crippen LogP contribution in [0, 0.1) is 19.7 Å². The minimum absolute atomic E-state index is 0.226. The number of H-pyrrole nitrogens is 2. The second-order valence-corrected chi connectivity index (χ2v) is 7.90. The number of aromatic amines is 2. The molecule has 5 rings (SSSR count). The Morgan fingerprint density at radius 3 is 2.90 bits per heavy atom. The molecule has 0 unspecified atom stereocenters. The molecule has 4 N–H and O–H groups in total. The summed E-state index contributed by atoms with van der Waals surface area (Å²) in [6.07, 6.45) is 5.32. The molecule has 0 saturated heterocycles. The first kappa shape index (κ1) is 18.6. The number of nitrogen functional groups attached to an aromatic ring is 1. The highest BCUT2D eigenvalue weighted by molar-refractivity contribution is 5.88. The van der Waals surface area contributed by atoms with Crippen molar-refractivity contribution in [2.24, 2.45) is 0 Å². The number of anilines is 3. The number of nitrogens with two attached hydrogens (primary N) is 1. The van der Waals surface area contributed by atoms with E-state index >= 15 is 0 Å². The van der Waals surface area contributed by atoms with E-state index in [9.17, 15) is 4.39 Å². The molecule has 0 spiro atoms. The first-order valence-corrected chi connectivity index (χ1v) is 10.2. The number of nitrogens with one attached hydrogen (secondary N) is 2. The number of aromatic nitrogens is 5.